The highest BCUT2D eigenvalue weighted by atomic mass is 19.4. The van der Waals surface area contributed by atoms with E-state index in [-0.39, 0.29) is 5.82 Å². The third kappa shape index (κ3) is 11.2. The largest absolute Gasteiger partial charge is 0.490 e. The Morgan fingerprint density at radius 2 is 1.26 bits per heavy atom. The zero-order valence-electron chi connectivity index (χ0n) is 21.4. The van der Waals surface area contributed by atoms with E-state index in [1.807, 2.05) is 6.07 Å². The van der Waals surface area contributed by atoms with Crippen LogP contribution < -0.4 is 4.90 Å². The van der Waals surface area contributed by atoms with Gasteiger partial charge in [0.25, 0.3) is 0 Å². The topological polar surface area (TPSA) is 84.3 Å². The molecule has 3 heterocycles. The fraction of sp³-hybridized carbons (Fsp3) is 0.680. The average Bonchev–Trinajstić information content (AvgIpc) is 3.37. The second-order valence-corrected chi connectivity index (χ2v) is 10.0. The molecule has 39 heavy (non-hydrogen) atoms. The summed E-state index contributed by atoms with van der Waals surface area (Å²) in [6, 6.07) is 7.15. The number of aliphatic carboxylic acids is 2. The number of carboxylic acid groups (broad SMARTS) is 2. The summed E-state index contributed by atoms with van der Waals surface area (Å²) >= 11 is 0. The monoisotopic (exact) mass is 573 g/mol. The molecule has 14 heteroatoms. The normalized spacial score (nSPS) is 20.0. The highest BCUT2D eigenvalue weighted by Crippen LogP contribution is 2.41. The van der Waals surface area contributed by atoms with Crippen LogP contribution in [0.25, 0.3) is 0 Å². The number of halogens is 7. The van der Waals surface area contributed by atoms with Crippen molar-refractivity contribution in [2.75, 3.05) is 57.3 Å². The number of benzene rings is 1. The molecule has 1 aromatic carbocycles. The molecule has 1 spiro atoms. The standard InChI is InChI=1S/C21H32FN3.2C2HF3O2/c22-19-5-3-6-20(17-19)25-12-4-7-21(18-25)8-13-24(14-9-21)16-15-23-10-1-2-11-23;2*3-2(4,5)1(6)7/h3,5-6,17H,1-2,4,7-16,18H2;2*(H,6,7). The Balaban J connectivity index is 0.000000317. The lowest BCUT2D eigenvalue weighted by Gasteiger charge is -2.48. The van der Waals surface area contributed by atoms with Crippen LogP contribution in [-0.4, -0.2) is 96.7 Å². The molecule has 0 amide bonds. The van der Waals surface area contributed by atoms with Crippen LogP contribution in [0.15, 0.2) is 24.3 Å². The lowest BCUT2D eigenvalue weighted by Crippen LogP contribution is -2.50. The zero-order chi connectivity index (χ0) is 29.3. The minimum Gasteiger partial charge on any atom is -0.475 e. The van der Waals surface area contributed by atoms with Crippen LogP contribution in [0.1, 0.15) is 38.5 Å². The van der Waals surface area contributed by atoms with Crippen molar-refractivity contribution in [3.63, 3.8) is 0 Å². The Kier molecular flexibility index (Phi) is 11.8. The van der Waals surface area contributed by atoms with Gasteiger partial charge in [-0.1, -0.05) is 6.07 Å². The maximum absolute atomic E-state index is 13.6. The quantitative estimate of drug-likeness (QED) is 0.498. The first-order valence-electron chi connectivity index (χ1n) is 12.7. The van der Waals surface area contributed by atoms with Crippen molar-refractivity contribution in [1.29, 1.82) is 0 Å². The van der Waals surface area contributed by atoms with E-state index < -0.39 is 24.3 Å². The molecule has 0 bridgehead atoms. The van der Waals surface area contributed by atoms with Crippen LogP contribution in [0.5, 0.6) is 0 Å². The predicted octanol–water partition coefficient (Wildman–Crippen LogP) is 4.87. The number of piperidine rings is 2. The lowest BCUT2D eigenvalue weighted by atomic mass is 9.72. The summed E-state index contributed by atoms with van der Waals surface area (Å²) in [7, 11) is 0. The molecule has 2 N–H and O–H groups in total. The second-order valence-electron chi connectivity index (χ2n) is 10.0. The first-order chi connectivity index (χ1) is 18.1. The molecule has 0 atom stereocenters. The van der Waals surface area contributed by atoms with Crippen molar-refractivity contribution < 1.29 is 50.5 Å². The van der Waals surface area contributed by atoms with Gasteiger partial charge in [-0.2, -0.15) is 26.3 Å². The van der Waals surface area contributed by atoms with Gasteiger partial charge < -0.3 is 24.9 Å². The lowest BCUT2D eigenvalue weighted by molar-refractivity contribution is -0.193. The molecule has 3 fully saturated rings. The van der Waals surface area contributed by atoms with Crippen LogP contribution in [0.2, 0.25) is 0 Å². The molecule has 3 aliphatic heterocycles. The molecule has 7 nitrogen and oxygen atoms in total. The molecule has 1 aromatic rings. The minimum absolute atomic E-state index is 0.117. The van der Waals surface area contributed by atoms with Gasteiger partial charge in [0.15, 0.2) is 0 Å². The van der Waals surface area contributed by atoms with Gasteiger partial charge in [0, 0.05) is 31.9 Å². The Bertz CT molecular complexity index is 905. The van der Waals surface area contributed by atoms with Gasteiger partial charge in [-0.15, -0.1) is 0 Å². The number of nitrogens with zero attached hydrogens (tertiary/aromatic N) is 3. The summed E-state index contributed by atoms with van der Waals surface area (Å²) in [4.78, 5) is 25.5. The third-order valence-corrected chi connectivity index (χ3v) is 7.17. The zero-order valence-corrected chi connectivity index (χ0v) is 21.4. The summed E-state index contributed by atoms with van der Waals surface area (Å²) in [5, 5.41) is 14.2. The van der Waals surface area contributed by atoms with E-state index >= 15 is 0 Å². The first-order valence-corrected chi connectivity index (χ1v) is 12.7. The van der Waals surface area contributed by atoms with Gasteiger partial charge in [-0.3, -0.25) is 0 Å². The minimum atomic E-state index is -5.08. The molecule has 0 radical (unpaired) electrons. The molecule has 4 rings (SSSR count). The molecule has 0 aromatic heterocycles. The summed E-state index contributed by atoms with van der Waals surface area (Å²) in [5.41, 5.74) is 1.52. The van der Waals surface area contributed by atoms with Gasteiger partial charge in [-0.25, -0.2) is 14.0 Å². The highest BCUT2D eigenvalue weighted by Gasteiger charge is 2.39. The van der Waals surface area contributed by atoms with Crippen molar-refractivity contribution in [3.8, 4) is 0 Å². The average molecular weight is 574 g/mol. The maximum atomic E-state index is 13.6. The predicted molar refractivity (Wildman–Crippen MR) is 129 cm³/mol. The van der Waals surface area contributed by atoms with E-state index in [4.69, 9.17) is 19.8 Å². The van der Waals surface area contributed by atoms with Crippen LogP contribution in [0.4, 0.5) is 36.4 Å². The summed E-state index contributed by atoms with van der Waals surface area (Å²) < 4.78 is 77.1. The van der Waals surface area contributed by atoms with Crippen LogP contribution in [-0.2, 0) is 9.59 Å². The van der Waals surface area contributed by atoms with E-state index in [9.17, 15) is 30.7 Å². The Morgan fingerprint density at radius 1 is 0.769 bits per heavy atom. The van der Waals surface area contributed by atoms with Crippen LogP contribution in [0.3, 0.4) is 0 Å². The van der Waals surface area contributed by atoms with E-state index in [1.165, 1.54) is 77.8 Å². The molecule has 0 aliphatic carbocycles. The van der Waals surface area contributed by atoms with Crippen LogP contribution >= 0.6 is 0 Å². The molecular weight excluding hydrogens is 539 g/mol. The summed E-state index contributed by atoms with van der Waals surface area (Å²) in [5.74, 6) is -5.63. The van der Waals surface area contributed by atoms with E-state index in [0.717, 1.165) is 18.8 Å². The van der Waals surface area contributed by atoms with Crippen molar-refractivity contribution >= 4 is 17.6 Å². The Labute approximate surface area is 222 Å². The molecule has 3 saturated heterocycles. The fourth-order valence-electron chi connectivity index (χ4n) is 5.05. The van der Waals surface area contributed by atoms with E-state index in [2.05, 4.69) is 20.8 Å². The SMILES string of the molecule is Fc1cccc(N2CCCC3(CCN(CCN4CCCC4)CC3)C2)c1.O=C(O)C(F)(F)F.O=C(O)C(F)(F)F. The Morgan fingerprint density at radius 3 is 1.72 bits per heavy atom. The second kappa shape index (κ2) is 14.1. The summed E-state index contributed by atoms with van der Waals surface area (Å²) in [6.07, 6.45) is -2.20. The van der Waals surface area contributed by atoms with E-state index in [1.54, 1.807) is 12.1 Å². The van der Waals surface area contributed by atoms with Crippen molar-refractivity contribution in [3.05, 3.63) is 30.1 Å². The van der Waals surface area contributed by atoms with Gasteiger partial charge >= 0.3 is 24.3 Å². The number of anilines is 1. The summed E-state index contributed by atoms with van der Waals surface area (Å²) in [6.45, 7) is 9.77. The highest BCUT2D eigenvalue weighted by molar-refractivity contribution is 5.73. The number of rotatable bonds is 4. The molecule has 3 aliphatic rings. The van der Waals surface area contributed by atoms with E-state index in [0.29, 0.717) is 5.41 Å². The first kappa shape index (κ1) is 32.6. The van der Waals surface area contributed by atoms with Gasteiger partial charge in [0.1, 0.15) is 5.82 Å². The molecule has 0 saturated carbocycles. The van der Waals surface area contributed by atoms with Crippen molar-refractivity contribution in [2.45, 2.75) is 50.9 Å². The molecular formula is C25H34F7N3O4. The van der Waals surface area contributed by atoms with Crippen molar-refractivity contribution in [1.82, 2.24) is 9.80 Å². The van der Waals surface area contributed by atoms with Crippen molar-refractivity contribution in [2.24, 2.45) is 5.41 Å². The van der Waals surface area contributed by atoms with Crippen LogP contribution in [0, 0.1) is 11.2 Å². The Hall–Kier alpha value is -2.61. The smallest absolute Gasteiger partial charge is 0.475 e. The van der Waals surface area contributed by atoms with Gasteiger partial charge in [-0.05, 0) is 88.3 Å². The number of carboxylic acids is 2. The number of carbonyl (C=O) groups is 2. The fourth-order valence-corrected chi connectivity index (χ4v) is 5.05. The molecule has 222 valence electrons. The number of alkyl halides is 6. The number of hydrogen-bond donors (Lipinski definition) is 2. The van der Waals surface area contributed by atoms with Gasteiger partial charge in [0.05, 0.1) is 0 Å². The maximum Gasteiger partial charge on any atom is 0.490 e. The third-order valence-electron chi connectivity index (χ3n) is 7.17. The van der Waals surface area contributed by atoms with Gasteiger partial charge in [0.2, 0.25) is 0 Å². The molecule has 0 unspecified atom stereocenters. The number of likely N-dealkylation sites (tertiary alicyclic amines) is 2. The number of hydrogen-bond acceptors (Lipinski definition) is 5.